The number of carbonyl (C=O) groups is 3. The van der Waals surface area contributed by atoms with Crippen molar-refractivity contribution in [3.8, 4) is 17.2 Å². The summed E-state index contributed by atoms with van der Waals surface area (Å²) < 4.78 is 0. The summed E-state index contributed by atoms with van der Waals surface area (Å²) in [5.41, 5.74) is 1.15. The van der Waals surface area contributed by atoms with E-state index < -0.39 is 11.6 Å². The van der Waals surface area contributed by atoms with E-state index in [0.717, 1.165) is 0 Å². The van der Waals surface area contributed by atoms with E-state index in [4.69, 9.17) is 0 Å². The predicted octanol–water partition coefficient (Wildman–Crippen LogP) is 2.87. The maximum atomic E-state index is 11.8. The Hall–Kier alpha value is -3.67. The summed E-state index contributed by atoms with van der Waals surface area (Å²) in [4.78, 5) is 34.4. The molecule has 0 radical (unpaired) electrons. The van der Waals surface area contributed by atoms with E-state index in [2.05, 4.69) is 0 Å². The Morgan fingerprint density at radius 3 is 1.85 bits per heavy atom. The SMILES string of the molecule is O=Cc1cc(C=CC(=O)CC(=O)C=Cc2ccc(O)c(O)c2)ccc1O. The van der Waals surface area contributed by atoms with Gasteiger partial charge in [0.1, 0.15) is 5.75 Å². The van der Waals surface area contributed by atoms with Crippen molar-refractivity contribution in [1.29, 1.82) is 0 Å². The number of benzene rings is 2. The zero-order valence-corrected chi connectivity index (χ0v) is 13.6. The van der Waals surface area contributed by atoms with E-state index in [1.54, 1.807) is 0 Å². The molecule has 0 aliphatic rings. The lowest BCUT2D eigenvalue weighted by Gasteiger charge is -1.99. The van der Waals surface area contributed by atoms with Crippen LogP contribution in [0, 0.1) is 0 Å². The number of phenols is 3. The molecule has 0 unspecified atom stereocenters. The van der Waals surface area contributed by atoms with Crippen molar-refractivity contribution in [3.63, 3.8) is 0 Å². The van der Waals surface area contributed by atoms with Gasteiger partial charge in [-0.25, -0.2) is 0 Å². The predicted molar refractivity (Wildman–Crippen MR) is 96.0 cm³/mol. The summed E-state index contributed by atoms with van der Waals surface area (Å²) in [6.07, 6.45) is 5.47. The first-order chi connectivity index (χ1) is 12.4. The van der Waals surface area contributed by atoms with Crippen LogP contribution in [0.25, 0.3) is 12.2 Å². The Kier molecular flexibility index (Phi) is 6.06. The normalized spacial score (nSPS) is 11.1. The van der Waals surface area contributed by atoms with E-state index in [-0.39, 0.29) is 29.2 Å². The molecule has 0 saturated heterocycles. The standard InChI is InChI=1S/C20H16O6/c21-12-15-9-13(3-7-18(15)24)1-5-16(22)11-17(23)6-2-14-4-8-19(25)20(26)10-14/h1-10,12,24-26H,11H2. The van der Waals surface area contributed by atoms with Gasteiger partial charge < -0.3 is 15.3 Å². The molecule has 0 fully saturated rings. The van der Waals surface area contributed by atoms with Gasteiger partial charge >= 0.3 is 0 Å². The molecule has 0 aromatic heterocycles. The maximum Gasteiger partial charge on any atom is 0.163 e. The number of phenolic OH excluding ortho intramolecular Hbond substituents is 3. The van der Waals surface area contributed by atoms with Gasteiger partial charge in [-0.2, -0.15) is 0 Å². The largest absolute Gasteiger partial charge is 0.507 e. The number of hydrogen-bond donors (Lipinski definition) is 3. The lowest BCUT2D eigenvalue weighted by atomic mass is 10.1. The van der Waals surface area contributed by atoms with Crippen molar-refractivity contribution >= 4 is 30.0 Å². The van der Waals surface area contributed by atoms with E-state index in [9.17, 15) is 29.7 Å². The molecule has 2 rings (SSSR count). The average Bonchev–Trinajstić information content (AvgIpc) is 2.62. The lowest BCUT2D eigenvalue weighted by molar-refractivity contribution is -0.121. The molecular formula is C20H16O6. The summed E-state index contributed by atoms with van der Waals surface area (Å²) in [6, 6.07) is 8.38. The van der Waals surface area contributed by atoms with Crippen LogP contribution in [0.2, 0.25) is 0 Å². The monoisotopic (exact) mass is 352 g/mol. The van der Waals surface area contributed by atoms with Crippen LogP contribution in [0.1, 0.15) is 27.9 Å². The van der Waals surface area contributed by atoms with Crippen LogP contribution in [0.3, 0.4) is 0 Å². The molecule has 0 saturated carbocycles. The van der Waals surface area contributed by atoms with Crippen LogP contribution in [0.5, 0.6) is 17.2 Å². The van der Waals surface area contributed by atoms with Crippen LogP contribution < -0.4 is 0 Å². The quantitative estimate of drug-likeness (QED) is 0.306. The second-order valence-corrected chi connectivity index (χ2v) is 5.46. The van der Waals surface area contributed by atoms with Gasteiger partial charge in [0.05, 0.1) is 12.0 Å². The second kappa shape index (κ2) is 8.43. The summed E-state index contributed by atoms with van der Waals surface area (Å²) in [6.45, 7) is 0. The van der Waals surface area contributed by atoms with Crippen molar-refractivity contribution in [2.45, 2.75) is 6.42 Å². The highest BCUT2D eigenvalue weighted by molar-refractivity contribution is 6.10. The van der Waals surface area contributed by atoms with Gasteiger partial charge in [-0.15, -0.1) is 0 Å². The maximum absolute atomic E-state index is 11.8. The zero-order valence-electron chi connectivity index (χ0n) is 13.6. The van der Waals surface area contributed by atoms with Gasteiger partial charge in [0.25, 0.3) is 0 Å². The molecule has 26 heavy (non-hydrogen) atoms. The van der Waals surface area contributed by atoms with Crippen LogP contribution in [0.4, 0.5) is 0 Å². The number of aromatic hydroxyl groups is 3. The Balaban J connectivity index is 1.96. The Morgan fingerprint density at radius 2 is 1.31 bits per heavy atom. The highest BCUT2D eigenvalue weighted by atomic mass is 16.3. The summed E-state index contributed by atoms with van der Waals surface area (Å²) in [5, 5.41) is 28.0. The summed E-state index contributed by atoms with van der Waals surface area (Å²) >= 11 is 0. The van der Waals surface area contributed by atoms with Crippen molar-refractivity contribution in [2.24, 2.45) is 0 Å². The third kappa shape index (κ3) is 5.17. The van der Waals surface area contributed by atoms with E-state index >= 15 is 0 Å². The van der Waals surface area contributed by atoms with Crippen molar-refractivity contribution < 1.29 is 29.7 Å². The van der Waals surface area contributed by atoms with Crippen LogP contribution >= 0.6 is 0 Å². The number of aldehydes is 1. The molecule has 2 aromatic rings. The second-order valence-electron chi connectivity index (χ2n) is 5.46. The number of hydrogen-bond acceptors (Lipinski definition) is 6. The molecule has 0 aliphatic carbocycles. The van der Waals surface area contributed by atoms with Gasteiger partial charge in [-0.3, -0.25) is 14.4 Å². The molecular weight excluding hydrogens is 336 g/mol. The van der Waals surface area contributed by atoms with Crippen LogP contribution in [-0.2, 0) is 9.59 Å². The number of carbonyl (C=O) groups excluding carboxylic acids is 3. The fraction of sp³-hybridized carbons (Fsp3) is 0.0500. The molecule has 6 heteroatoms. The van der Waals surface area contributed by atoms with Crippen molar-refractivity contribution in [2.75, 3.05) is 0 Å². The zero-order chi connectivity index (χ0) is 19.1. The molecule has 0 aliphatic heterocycles. The third-order valence-corrected chi connectivity index (χ3v) is 3.45. The fourth-order valence-corrected chi connectivity index (χ4v) is 2.08. The summed E-state index contributed by atoms with van der Waals surface area (Å²) in [7, 11) is 0. The topological polar surface area (TPSA) is 112 Å². The first kappa shape index (κ1) is 18.7. The Labute approximate surface area is 149 Å². The van der Waals surface area contributed by atoms with Gasteiger partial charge in [0, 0.05) is 0 Å². The minimum absolute atomic E-state index is 0.107. The van der Waals surface area contributed by atoms with Gasteiger partial charge in [0.2, 0.25) is 0 Å². The minimum Gasteiger partial charge on any atom is -0.507 e. The van der Waals surface area contributed by atoms with E-state index in [1.165, 1.54) is 60.7 Å². The molecule has 3 N–H and O–H groups in total. The minimum atomic E-state index is -0.425. The van der Waals surface area contributed by atoms with Gasteiger partial charge in [-0.1, -0.05) is 24.3 Å². The molecule has 6 nitrogen and oxygen atoms in total. The smallest absolute Gasteiger partial charge is 0.163 e. The number of ketones is 2. The summed E-state index contributed by atoms with van der Waals surface area (Å²) in [5.74, 6) is -1.56. The molecule has 132 valence electrons. The molecule has 0 atom stereocenters. The molecule has 0 heterocycles. The molecule has 2 aromatic carbocycles. The fourth-order valence-electron chi connectivity index (χ4n) is 2.08. The first-order valence-electron chi connectivity index (χ1n) is 7.61. The third-order valence-electron chi connectivity index (χ3n) is 3.45. The number of rotatable bonds is 7. The van der Waals surface area contributed by atoms with Crippen LogP contribution in [-0.4, -0.2) is 33.2 Å². The Morgan fingerprint density at radius 1 is 0.769 bits per heavy atom. The molecule has 0 amide bonds. The average molecular weight is 352 g/mol. The number of allylic oxidation sites excluding steroid dienone is 2. The van der Waals surface area contributed by atoms with E-state index in [1.807, 2.05) is 0 Å². The Bertz CT molecular complexity index is 909. The highest BCUT2D eigenvalue weighted by Gasteiger charge is 2.05. The highest BCUT2D eigenvalue weighted by Crippen LogP contribution is 2.25. The first-order valence-corrected chi connectivity index (χ1v) is 7.61. The van der Waals surface area contributed by atoms with E-state index in [0.29, 0.717) is 17.4 Å². The van der Waals surface area contributed by atoms with Gasteiger partial charge in [0.15, 0.2) is 29.4 Å². The molecule has 0 spiro atoms. The lowest BCUT2D eigenvalue weighted by Crippen LogP contribution is -2.01. The molecule has 0 bridgehead atoms. The van der Waals surface area contributed by atoms with Crippen molar-refractivity contribution in [1.82, 2.24) is 0 Å². The van der Waals surface area contributed by atoms with Crippen molar-refractivity contribution in [3.05, 3.63) is 65.2 Å². The van der Waals surface area contributed by atoms with Gasteiger partial charge in [-0.05, 0) is 47.5 Å². The van der Waals surface area contributed by atoms with Crippen LogP contribution in [0.15, 0.2) is 48.6 Å².